The van der Waals surface area contributed by atoms with Crippen molar-refractivity contribution in [2.75, 3.05) is 13.1 Å². The van der Waals surface area contributed by atoms with Crippen LogP contribution in [0.2, 0.25) is 5.15 Å². The molecule has 0 unspecified atom stereocenters. The molecule has 2 aromatic rings. The van der Waals surface area contributed by atoms with Gasteiger partial charge in [0.2, 0.25) is 5.91 Å². The molecule has 8 nitrogen and oxygen atoms in total. The van der Waals surface area contributed by atoms with Crippen molar-refractivity contribution in [1.29, 1.82) is 0 Å². The zero-order valence-corrected chi connectivity index (χ0v) is 19.6. The van der Waals surface area contributed by atoms with E-state index in [1.807, 2.05) is 0 Å². The zero-order chi connectivity index (χ0) is 26.6. The van der Waals surface area contributed by atoms with Gasteiger partial charge < -0.3 is 10.0 Å². The van der Waals surface area contributed by atoms with E-state index in [1.165, 1.54) is 0 Å². The van der Waals surface area contributed by atoms with Crippen molar-refractivity contribution in [3.05, 3.63) is 41.3 Å². The number of hydrogen-bond donors (Lipinski definition) is 1. The molecule has 4 rings (SSSR count). The summed E-state index contributed by atoms with van der Waals surface area (Å²) in [6, 6.07) is 2.38. The van der Waals surface area contributed by atoms with Crippen LogP contribution in [-0.4, -0.2) is 64.5 Å². The Labute approximate surface area is 206 Å². The lowest BCUT2D eigenvalue weighted by Crippen LogP contribution is -2.60. The fourth-order valence-electron chi connectivity index (χ4n) is 4.51. The number of aromatic nitrogens is 2. The fourth-order valence-corrected chi connectivity index (χ4v) is 6.68. The molecule has 1 aromatic carbocycles. The molecule has 194 valence electrons. The third-order valence-corrected chi connectivity index (χ3v) is 8.65. The van der Waals surface area contributed by atoms with Crippen molar-refractivity contribution in [1.82, 2.24) is 14.9 Å². The third-order valence-electron chi connectivity index (χ3n) is 6.24. The van der Waals surface area contributed by atoms with Gasteiger partial charge in [-0.15, -0.1) is 0 Å². The monoisotopic (exact) mass is 553 g/mol. The highest BCUT2D eigenvalue weighted by atomic mass is 35.5. The van der Waals surface area contributed by atoms with Crippen molar-refractivity contribution in [3.8, 4) is 11.3 Å². The van der Waals surface area contributed by atoms with Crippen molar-refractivity contribution < 1.29 is 45.1 Å². The number of halogens is 6. The average molecular weight is 554 g/mol. The van der Waals surface area contributed by atoms with E-state index in [4.69, 9.17) is 11.6 Å². The zero-order valence-electron chi connectivity index (χ0n) is 18.0. The van der Waals surface area contributed by atoms with Crippen molar-refractivity contribution in [3.63, 3.8) is 0 Å². The Kier molecular flexibility index (Phi) is 6.48. The maximum absolute atomic E-state index is 13.9. The van der Waals surface area contributed by atoms with Crippen LogP contribution in [0.4, 0.5) is 22.0 Å². The van der Waals surface area contributed by atoms with Crippen LogP contribution in [0, 0.1) is 11.8 Å². The predicted octanol–water partition coefficient (Wildman–Crippen LogP) is 3.55. The molecule has 2 aliphatic rings. The SMILES string of the molecule is O=C(O)[C@@H]1C[C@H](S(=O)(=O)c2ccc(-c3cncc(Cl)n3)cc2C(F)(F)F)C[C@H]1C(=O)N1CC(F)(F)C1. The van der Waals surface area contributed by atoms with Gasteiger partial charge in [-0.05, 0) is 25.0 Å². The molecular formula is C21H17ClF5N3O5S. The molecule has 15 heteroatoms. The number of amides is 1. The van der Waals surface area contributed by atoms with E-state index in [2.05, 4.69) is 9.97 Å². The molecule has 0 bridgehead atoms. The molecule has 36 heavy (non-hydrogen) atoms. The maximum atomic E-state index is 13.9. The third kappa shape index (κ3) is 4.88. The highest BCUT2D eigenvalue weighted by molar-refractivity contribution is 7.92. The smallest absolute Gasteiger partial charge is 0.417 e. The number of nitrogens with zero attached hydrogens (tertiary/aromatic N) is 3. The first-order valence-corrected chi connectivity index (χ1v) is 12.3. The Morgan fingerprint density at radius 1 is 1.11 bits per heavy atom. The first kappa shape index (κ1) is 26.2. The largest absolute Gasteiger partial charge is 0.481 e. The van der Waals surface area contributed by atoms with Gasteiger partial charge in [-0.3, -0.25) is 14.6 Å². The molecule has 1 amide bonds. The van der Waals surface area contributed by atoms with Gasteiger partial charge in [0.15, 0.2) is 9.84 Å². The van der Waals surface area contributed by atoms with E-state index in [9.17, 15) is 45.1 Å². The summed E-state index contributed by atoms with van der Waals surface area (Å²) in [5, 5.41) is 7.77. The minimum atomic E-state index is -5.12. The van der Waals surface area contributed by atoms with E-state index in [1.54, 1.807) is 0 Å². The number of carboxylic acid groups (broad SMARTS) is 1. The number of carbonyl (C=O) groups excluding carboxylic acids is 1. The molecule has 1 saturated carbocycles. The number of likely N-dealkylation sites (tertiary alicyclic amines) is 1. The molecule has 1 N–H and O–H groups in total. The summed E-state index contributed by atoms with van der Waals surface area (Å²) < 4.78 is 94.8. The summed E-state index contributed by atoms with van der Waals surface area (Å²) >= 11 is 5.73. The van der Waals surface area contributed by atoms with Gasteiger partial charge >= 0.3 is 12.1 Å². The minimum Gasteiger partial charge on any atom is -0.481 e. The number of aliphatic carboxylic acids is 1. The Hall–Kier alpha value is -2.87. The Morgan fingerprint density at radius 2 is 1.75 bits per heavy atom. The molecule has 0 spiro atoms. The number of hydrogen-bond acceptors (Lipinski definition) is 6. The van der Waals surface area contributed by atoms with Crippen molar-refractivity contribution >= 4 is 33.3 Å². The molecule has 1 aliphatic heterocycles. The quantitative estimate of drug-likeness (QED) is 0.563. The Morgan fingerprint density at radius 3 is 2.31 bits per heavy atom. The number of alkyl halides is 5. The summed E-state index contributed by atoms with van der Waals surface area (Å²) in [7, 11) is -4.79. The second-order valence-corrected chi connectivity index (χ2v) is 11.3. The van der Waals surface area contributed by atoms with Crippen LogP contribution in [0.1, 0.15) is 18.4 Å². The lowest BCUT2D eigenvalue weighted by atomic mass is 9.93. The van der Waals surface area contributed by atoms with Gasteiger partial charge in [0, 0.05) is 5.56 Å². The standard InChI is InChI=1S/C21H17ClF5N3O5S/c22-17-7-28-6-15(29-17)10-1-2-16(14(3-10)21(25,26)27)36(34,35)11-4-12(13(5-11)19(32)33)18(31)30-8-20(23,24)9-30/h1-3,6-7,11-13H,4-5,8-9H2,(H,32,33)/t11-,12-,13-/m1/s1. The lowest BCUT2D eigenvalue weighted by Gasteiger charge is -2.40. The predicted molar refractivity (Wildman–Crippen MR) is 114 cm³/mol. The van der Waals surface area contributed by atoms with Crippen molar-refractivity contribution in [2.24, 2.45) is 11.8 Å². The molecule has 1 aromatic heterocycles. The molecule has 1 saturated heterocycles. The average Bonchev–Trinajstić information content (AvgIpc) is 3.23. The summed E-state index contributed by atoms with van der Waals surface area (Å²) in [5.74, 6) is -8.65. The van der Waals surface area contributed by atoms with E-state index in [-0.39, 0.29) is 16.4 Å². The normalized spacial score (nSPS) is 23.8. The lowest BCUT2D eigenvalue weighted by molar-refractivity contribution is -0.172. The van der Waals surface area contributed by atoms with Crippen LogP contribution in [0.25, 0.3) is 11.3 Å². The number of carbonyl (C=O) groups is 2. The summed E-state index contributed by atoms with van der Waals surface area (Å²) in [6.07, 6.45) is -4.07. The van der Waals surface area contributed by atoms with Crippen LogP contribution in [0.5, 0.6) is 0 Å². The van der Waals surface area contributed by atoms with Crippen LogP contribution >= 0.6 is 11.6 Å². The summed E-state index contributed by atoms with van der Waals surface area (Å²) in [5.41, 5.74) is -1.66. The van der Waals surface area contributed by atoms with Crippen LogP contribution in [0.3, 0.4) is 0 Å². The molecule has 3 atom stereocenters. The van der Waals surface area contributed by atoms with Crippen LogP contribution in [-0.2, 0) is 25.6 Å². The topological polar surface area (TPSA) is 118 Å². The number of carboxylic acids is 1. The molecule has 0 radical (unpaired) electrons. The van der Waals surface area contributed by atoms with Gasteiger partial charge in [0.1, 0.15) is 5.15 Å². The van der Waals surface area contributed by atoms with Crippen LogP contribution < -0.4 is 0 Å². The first-order valence-electron chi connectivity index (χ1n) is 10.4. The molecular weight excluding hydrogens is 537 g/mol. The maximum Gasteiger partial charge on any atom is 0.417 e. The Bertz CT molecular complexity index is 1330. The van der Waals surface area contributed by atoms with Gasteiger partial charge in [0.05, 0.1) is 58.7 Å². The second kappa shape index (κ2) is 8.91. The van der Waals surface area contributed by atoms with Gasteiger partial charge in [-0.2, -0.15) is 13.2 Å². The highest BCUT2D eigenvalue weighted by Gasteiger charge is 2.54. The molecule has 1 aliphatic carbocycles. The minimum absolute atomic E-state index is 0.0410. The van der Waals surface area contributed by atoms with Crippen LogP contribution in [0.15, 0.2) is 35.5 Å². The van der Waals surface area contributed by atoms with Crippen molar-refractivity contribution in [2.45, 2.75) is 35.1 Å². The van der Waals surface area contributed by atoms with Gasteiger partial charge in [-0.25, -0.2) is 22.2 Å². The highest BCUT2D eigenvalue weighted by Crippen LogP contribution is 2.44. The van der Waals surface area contributed by atoms with E-state index in [0.29, 0.717) is 6.07 Å². The number of rotatable bonds is 5. The summed E-state index contributed by atoms with van der Waals surface area (Å²) in [4.78, 5) is 31.6. The molecule has 2 heterocycles. The molecule has 2 fully saturated rings. The van der Waals surface area contributed by atoms with E-state index in [0.717, 1.165) is 29.4 Å². The van der Waals surface area contributed by atoms with Gasteiger partial charge in [-0.1, -0.05) is 17.7 Å². The first-order chi connectivity index (χ1) is 16.6. The fraction of sp³-hybridized carbons (Fsp3) is 0.429. The van der Waals surface area contributed by atoms with E-state index < -0.39 is 87.3 Å². The summed E-state index contributed by atoms with van der Waals surface area (Å²) in [6.45, 7) is -1.86. The second-order valence-electron chi connectivity index (χ2n) is 8.68. The number of benzene rings is 1. The van der Waals surface area contributed by atoms with E-state index >= 15 is 0 Å². The van der Waals surface area contributed by atoms with Gasteiger partial charge in [0.25, 0.3) is 5.92 Å². The Balaban J connectivity index is 1.69. The number of sulfone groups is 1.